The molecule has 0 aliphatic heterocycles. The van der Waals surface area contributed by atoms with Crippen molar-refractivity contribution in [1.82, 2.24) is 10.6 Å². The molecule has 6 nitrogen and oxygen atoms in total. The normalized spacial score (nSPS) is 41.1. The first-order valence-electron chi connectivity index (χ1n) is 6.53. The third kappa shape index (κ3) is 1.84. The number of aliphatic hydroxyl groups is 1. The molecule has 0 radical (unpaired) electrons. The van der Waals surface area contributed by atoms with Crippen molar-refractivity contribution < 1.29 is 19.8 Å². The number of carbonyl (C=O) groups is 2. The minimum Gasteiger partial charge on any atom is -0.479 e. The molecule has 3 aliphatic rings. The fourth-order valence-electron chi connectivity index (χ4n) is 4.00. The molecule has 5 atom stereocenters. The van der Waals surface area contributed by atoms with Crippen LogP contribution in [0.2, 0.25) is 0 Å². The molecule has 3 aliphatic carbocycles. The van der Waals surface area contributed by atoms with E-state index in [0.29, 0.717) is 11.8 Å². The van der Waals surface area contributed by atoms with Crippen LogP contribution in [0.5, 0.6) is 0 Å². The number of hydrogen-bond acceptors (Lipinski definition) is 3. The summed E-state index contributed by atoms with van der Waals surface area (Å²) in [6.07, 6.45) is 2.38. The van der Waals surface area contributed by atoms with Crippen molar-refractivity contribution in [2.75, 3.05) is 6.54 Å². The van der Waals surface area contributed by atoms with Crippen LogP contribution in [-0.4, -0.2) is 40.9 Å². The summed E-state index contributed by atoms with van der Waals surface area (Å²) in [5.74, 6) is 1.55. The smallest absolute Gasteiger partial charge is 0.334 e. The molecule has 0 spiro atoms. The van der Waals surface area contributed by atoms with Crippen LogP contribution < -0.4 is 10.6 Å². The van der Waals surface area contributed by atoms with Crippen LogP contribution in [0.15, 0.2) is 0 Å². The first-order valence-corrected chi connectivity index (χ1v) is 6.53. The number of amides is 2. The van der Waals surface area contributed by atoms with Gasteiger partial charge in [0.15, 0.2) is 6.10 Å². The van der Waals surface area contributed by atoms with Crippen molar-refractivity contribution in [2.45, 2.75) is 31.4 Å². The number of hydrogen-bond donors (Lipinski definition) is 4. The van der Waals surface area contributed by atoms with Crippen LogP contribution in [0.25, 0.3) is 0 Å². The van der Waals surface area contributed by atoms with Crippen molar-refractivity contribution in [3.8, 4) is 0 Å². The lowest BCUT2D eigenvalue weighted by molar-refractivity contribution is -0.146. The maximum atomic E-state index is 11.6. The molecule has 2 bridgehead atoms. The summed E-state index contributed by atoms with van der Waals surface area (Å²) in [7, 11) is 0. The first kappa shape index (κ1) is 11.8. The zero-order valence-electron chi connectivity index (χ0n) is 10.0. The van der Waals surface area contributed by atoms with Gasteiger partial charge in [0.25, 0.3) is 0 Å². The summed E-state index contributed by atoms with van der Waals surface area (Å²) in [6.45, 7) is -0.254. The average molecular weight is 254 g/mol. The number of urea groups is 1. The van der Waals surface area contributed by atoms with Crippen molar-refractivity contribution in [3.63, 3.8) is 0 Å². The van der Waals surface area contributed by atoms with Gasteiger partial charge in [0, 0.05) is 6.04 Å². The van der Waals surface area contributed by atoms with E-state index in [9.17, 15) is 9.59 Å². The van der Waals surface area contributed by atoms with E-state index in [4.69, 9.17) is 10.2 Å². The molecule has 6 heteroatoms. The van der Waals surface area contributed by atoms with Gasteiger partial charge in [-0.1, -0.05) is 0 Å². The summed E-state index contributed by atoms with van der Waals surface area (Å²) in [4.78, 5) is 21.9. The van der Waals surface area contributed by atoms with E-state index in [2.05, 4.69) is 10.6 Å². The van der Waals surface area contributed by atoms with Crippen LogP contribution in [-0.2, 0) is 4.79 Å². The van der Waals surface area contributed by atoms with Crippen LogP contribution >= 0.6 is 0 Å². The fraction of sp³-hybridized carbons (Fsp3) is 0.833. The summed E-state index contributed by atoms with van der Waals surface area (Å²) >= 11 is 0. The van der Waals surface area contributed by atoms with Gasteiger partial charge in [-0.3, -0.25) is 0 Å². The lowest BCUT2D eigenvalue weighted by atomic mass is 10.0. The Kier molecular flexibility index (Phi) is 2.69. The predicted molar refractivity (Wildman–Crippen MR) is 61.8 cm³/mol. The minimum absolute atomic E-state index is 0.254. The fourth-order valence-corrected chi connectivity index (χ4v) is 4.00. The van der Waals surface area contributed by atoms with Crippen LogP contribution in [0.3, 0.4) is 0 Å². The predicted octanol–water partition coefficient (Wildman–Crippen LogP) is -0.224. The zero-order valence-corrected chi connectivity index (χ0v) is 10.0. The Bertz CT molecular complexity index is 370. The Labute approximate surface area is 105 Å². The molecular weight excluding hydrogens is 236 g/mol. The van der Waals surface area contributed by atoms with E-state index < -0.39 is 12.1 Å². The van der Waals surface area contributed by atoms with E-state index in [1.54, 1.807) is 0 Å². The summed E-state index contributed by atoms with van der Waals surface area (Å²) in [5, 5.41) is 22.8. The van der Waals surface area contributed by atoms with Gasteiger partial charge >= 0.3 is 12.0 Å². The van der Waals surface area contributed by atoms with E-state index in [1.165, 1.54) is 19.3 Å². The lowest BCUT2D eigenvalue weighted by Crippen LogP contribution is -2.43. The number of fused-ring (bicyclic) bond motifs is 5. The Morgan fingerprint density at radius 1 is 1.22 bits per heavy atom. The Balaban J connectivity index is 1.42. The monoisotopic (exact) mass is 254 g/mol. The number of aliphatic carboxylic acids is 1. The molecule has 2 amide bonds. The molecule has 3 rings (SSSR count). The van der Waals surface area contributed by atoms with Gasteiger partial charge in [-0.2, -0.15) is 0 Å². The molecule has 0 aromatic rings. The Morgan fingerprint density at radius 2 is 1.83 bits per heavy atom. The van der Waals surface area contributed by atoms with E-state index in [-0.39, 0.29) is 18.6 Å². The third-order valence-electron chi connectivity index (χ3n) is 4.77. The molecule has 3 saturated carbocycles. The Morgan fingerprint density at radius 3 is 2.39 bits per heavy atom. The van der Waals surface area contributed by atoms with Crippen LogP contribution in [0, 0.1) is 23.7 Å². The highest BCUT2D eigenvalue weighted by Gasteiger charge is 2.65. The number of aliphatic hydroxyl groups excluding tert-OH is 1. The number of nitrogens with one attached hydrogen (secondary N) is 2. The second-order valence-corrected chi connectivity index (χ2v) is 5.72. The second-order valence-electron chi connectivity index (χ2n) is 5.72. The van der Waals surface area contributed by atoms with Gasteiger partial charge in [-0.15, -0.1) is 0 Å². The first-order chi connectivity index (χ1) is 8.58. The summed E-state index contributed by atoms with van der Waals surface area (Å²) < 4.78 is 0. The molecule has 0 saturated heterocycles. The minimum atomic E-state index is -1.54. The molecule has 4 N–H and O–H groups in total. The van der Waals surface area contributed by atoms with Crippen molar-refractivity contribution in [1.29, 1.82) is 0 Å². The standard InChI is InChI=1S/C12H18N2O4/c15-7(11(16)17)4-13-12(18)14-10-8-5-1-2-6(3-5)9(8)10/h5-10,15H,1-4H2,(H,16,17)(H2,13,14,18). The van der Waals surface area contributed by atoms with Crippen molar-refractivity contribution in [3.05, 3.63) is 0 Å². The molecular formula is C12H18N2O4. The third-order valence-corrected chi connectivity index (χ3v) is 4.77. The van der Waals surface area contributed by atoms with Crippen LogP contribution in [0.1, 0.15) is 19.3 Å². The number of carboxylic acid groups (broad SMARTS) is 1. The van der Waals surface area contributed by atoms with Crippen molar-refractivity contribution >= 4 is 12.0 Å². The second kappa shape index (κ2) is 4.12. The van der Waals surface area contributed by atoms with Gasteiger partial charge in [0.2, 0.25) is 0 Å². The summed E-state index contributed by atoms with van der Waals surface area (Å²) in [6, 6.07) is -0.0904. The topological polar surface area (TPSA) is 98.7 Å². The molecule has 0 aromatic carbocycles. The van der Waals surface area contributed by atoms with Gasteiger partial charge < -0.3 is 20.8 Å². The zero-order chi connectivity index (χ0) is 12.9. The van der Waals surface area contributed by atoms with Crippen LogP contribution in [0.4, 0.5) is 4.79 Å². The molecule has 0 heterocycles. The number of carbonyl (C=O) groups excluding carboxylic acids is 1. The largest absolute Gasteiger partial charge is 0.479 e. The molecule has 3 fully saturated rings. The molecule has 5 unspecified atom stereocenters. The molecule has 0 aromatic heterocycles. The molecule has 18 heavy (non-hydrogen) atoms. The maximum absolute atomic E-state index is 11.6. The van der Waals surface area contributed by atoms with E-state index >= 15 is 0 Å². The van der Waals surface area contributed by atoms with Gasteiger partial charge in [0.1, 0.15) is 0 Å². The summed E-state index contributed by atoms with van der Waals surface area (Å²) in [5.41, 5.74) is 0. The van der Waals surface area contributed by atoms with E-state index in [1.807, 2.05) is 0 Å². The quantitative estimate of drug-likeness (QED) is 0.557. The van der Waals surface area contributed by atoms with E-state index in [0.717, 1.165) is 11.8 Å². The SMILES string of the molecule is O=C(NCC(O)C(=O)O)NC1C2C3CCC(C3)C12. The maximum Gasteiger partial charge on any atom is 0.334 e. The van der Waals surface area contributed by atoms with Gasteiger partial charge in [0.05, 0.1) is 6.54 Å². The average Bonchev–Trinajstić information content (AvgIpc) is 2.74. The number of rotatable bonds is 4. The highest BCUT2D eigenvalue weighted by atomic mass is 16.4. The number of carboxylic acids is 1. The molecule has 100 valence electrons. The lowest BCUT2D eigenvalue weighted by Gasteiger charge is -2.12. The highest BCUT2D eigenvalue weighted by molar-refractivity contribution is 5.77. The van der Waals surface area contributed by atoms with Gasteiger partial charge in [-0.05, 0) is 42.9 Å². The van der Waals surface area contributed by atoms with Gasteiger partial charge in [-0.25, -0.2) is 9.59 Å². The van der Waals surface area contributed by atoms with Crippen molar-refractivity contribution in [2.24, 2.45) is 23.7 Å². The highest BCUT2D eigenvalue weighted by Crippen LogP contribution is 2.65. The Hall–Kier alpha value is -1.30.